The van der Waals surface area contributed by atoms with Crippen LogP contribution in [0.2, 0.25) is 0 Å². The second-order valence-corrected chi connectivity index (χ2v) is 4.83. The number of fused-ring (bicyclic) bond motifs is 1. The molecular weight excluding hydrogens is 168 g/mol. The Kier molecular flexibility index (Phi) is 1.83. The van der Waals surface area contributed by atoms with Crippen molar-refractivity contribution in [2.45, 2.75) is 26.2 Å². The number of nitrogens with two attached hydrogens (primary N) is 1. The molecule has 0 radical (unpaired) electrons. The third kappa shape index (κ3) is 1.12. The molecule has 0 amide bonds. The average Bonchev–Trinajstić information content (AvgIpc) is 2.28. The van der Waals surface area contributed by atoms with Crippen LogP contribution in [0.3, 0.4) is 0 Å². The van der Waals surface area contributed by atoms with Crippen LogP contribution in [0, 0.1) is 5.92 Å². The predicted molar refractivity (Wildman–Crippen MR) is 51.1 cm³/mol. The van der Waals surface area contributed by atoms with E-state index in [-0.39, 0.29) is 0 Å². The van der Waals surface area contributed by atoms with E-state index in [1.165, 1.54) is 29.8 Å². The van der Waals surface area contributed by atoms with Gasteiger partial charge in [-0.05, 0) is 18.8 Å². The van der Waals surface area contributed by atoms with Crippen LogP contribution >= 0.6 is 11.3 Å². The van der Waals surface area contributed by atoms with Crippen molar-refractivity contribution in [3.63, 3.8) is 0 Å². The molecule has 66 valence electrons. The van der Waals surface area contributed by atoms with E-state index in [1.807, 2.05) is 0 Å². The molecule has 0 aliphatic heterocycles. The third-order valence-corrected chi connectivity index (χ3v) is 3.82. The molecule has 2 nitrogen and oxygen atoms in total. The Morgan fingerprint density at radius 3 is 3.08 bits per heavy atom. The minimum Gasteiger partial charge on any atom is -0.278 e. The highest BCUT2D eigenvalue weighted by Gasteiger charge is 2.24. The summed E-state index contributed by atoms with van der Waals surface area (Å²) in [6.45, 7) is 2.32. The van der Waals surface area contributed by atoms with E-state index in [4.69, 9.17) is 5.73 Å². The number of rotatable bonds is 0. The highest BCUT2D eigenvalue weighted by Crippen LogP contribution is 2.28. The first-order valence-electron chi connectivity index (χ1n) is 4.44. The van der Waals surface area contributed by atoms with Gasteiger partial charge in [-0.1, -0.05) is 18.3 Å². The minimum atomic E-state index is 0.843. The quantitative estimate of drug-likeness (QED) is 0.603. The SMILES string of the molecule is CC1CCc2c(sc(N)[n+]2C)C1. The molecule has 1 atom stereocenters. The molecule has 1 aliphatic rings. The number of aromatic nitrogens is 1. The maximum absolute atomic E-state index is 5.85. The van der Waals surface area contributed by atoms with Gasteiger partial charge < -0.3 is 0 Å². The summed E-state index contributed by atoms with van der Waals surface area (Å²) in [4.78, 5) is 1.51. The molecule has 1 unspecified atom stereocenters. The predicted octanol–water partition coefficient (Wildman–Crippen LogP) is 1.28. The summed E-state index contributed by atoms with van der Waals surface area (Å²) in [6.07, 6.45) is 3.75. The van der Waals surface area contributed by atoms with Crippen molar-refractivity contribution >= 4 is 16.5 Å². The number of thiazole rings is 1. The first-order chi connectivity index (χ1) is 5.68. The summed E-state index contributed by atoms with van der Waals surface area (Å²) in [6, 6.07) is 0. The van der Waals surface area contributed by atoms with Crippen molar-refractivity contribution in [3.05, 3.63) is 10.6 Å². The Balaban J connectivity index is 2.43. The monoisotopic (exact) mass is 183 g/mol. The molecule has 1 aromatic rings. The molecule has 0 spiro atoms. The third-order valence-electron chi connectivity index (χ3n) is 2.69. The van der Waals surface area contributed by atoms with E-state index < -0.39 is 0 Å². The van der Waals surface area contributed by atoms with E-state index in [1.54, 1.807) is 11.3 Å². The molecular formula is C9H15N2S+. The zero-order valence-electron chi connectivity index (χ0n) is 7.63. The van der Waals surface area contributed by atoms with Crippen LogP contribution in [0.5, 0.6) is 0 Å². The largest absolute Gasteiger partial charge is 0.331 e. The molecule has 0 saturated carbocycles. The molecule has 1 heterocycles. The van der Waals surface area contributed by atoms with Gasteiger partial charge in [0.05, 0.1) is 11.9 Å². The smallest absolute Gasteiger partial charge is 0.278 e. The second-order valence-electron chi connectivity index (χ2n) is 3.72. The van der Waals surface area contributed by atoms with E-state index in [0.717, 1.165) is 11.0 Å². The summed E-state index contributed by atoms with van der Waals surface area (Å²) in [5, 5.41) is 0.953. The summed E-state index contributed by atoms with van der Waals surface area (Å²) in [5.74, 6) is 0.843. The van der Waals surface area contributed by atoms with E-state index in [9.17, 15) is 0 Å². The van der Waals surface area contributed by atoms with E-state index >= 15 is 0 Å². The van der Waals surface area contributed by atoms with Gasteiger partial charge in [0.2, 0.25) is 0 Å². The Bertz CT molecular complexity index is 304. The molecule has 3 heteroatoms. The Morgan fingerprint density at radius 2 is 2.33 bits per heavy atom. The maximum atomic E-state index is 5.85. The number of hydrogen-bond donors (Lipinski definition) is 1. The summed E-state index contributed by atoms with van der Waals surface area (Å²) in [5.41, 5.74) is 7.32. The lowest BCUT2D eigenvalue weighted by molar-refractivity contribution is -0.661. The zero-order valence-corrected chi connectivity index (χ0v) is 8.45. The van der Waals surface area contributed by atoms with Gasteiger partial charge in [0, 0.05) is 6.42 Å². The first kappa shape index (κ1) is 8.05. The lowest BCUT2D eigenvalue weighted by Gasteiger charge is -2.15. The molecule has 12 heavy (non-hydrogen) atoms. The number of nitrogens with zero attached hydrogens (tertiary/aromatic N) is 1. The standard InChI is InChI=1S/C9H14N2S/c1-6-3-4-7-8(5-6)12-9(10)11(7)2/h6,10H,3-5H2,1-2H3/p+1. The van der Waals surface area contributed by atoms with Crippen LogP contribution in [-0.4, -0.2) is 0 Å². The molecule has 1 aliphatic carbocycles. The van der Waals surface area contributed by atoms with Crippen LogP contribution in [0.1, 0.15) is 23.9 Å². The fourth-order valence-electron chi connectivity index (χ4n) is 1.84. The van der Waals surface area contributed by atoms with Gasteiger partial charge in [0.25, 0.3) is 0 Å². The lowest BCUT2D eigenvalue weighted by Crippen LogP contribution is -2.35. The van der Waals surface area contributed by atoms with Crippen LogP contribution in [0.25, 0.3) is 0 Å². The molecule has 0 fully saturated rings. The van der Waals surface area contributed by atoms with Crippen molar-refractivity contribution in [2.24, 2.45) is 13.0 Å². The van der Waals surface area contributed by atoms with Gasteiger partial charge in [-0.15, -0.1) is 0 Å². The van der Waals surface area contributed by atoms with Crippen LogP contribution in [0.15, 0.2) is 0 Å². The van der Waals surface area contributed by atoms with Crippen LogP contribution < -0.4 is 10.3 Å². The summed E-state index contributed by atoms with van der Waals surface area (Å²) >= 11 is 1.76. The van der Waals surface area contributed by atoms with Crippen LogP contribution in [0.4, 0.5) is 5.13 Å². The maximum Gasteiger partial charge on any atom is 0.331 e. The molecule has 1 aromatic heterocycles. The van der Waals surface area contributed by atoms with Crippen molar-refractivity contribution in [3.8, 4) is 0 Å². The Morgan fingerprint density at radius 1 is 1.58 bits per heavy atom. The van der Waals surface area contributed by atoms with Crippen molar-refractivity contribution in [2.75, 3.05) is 5.73 Å². The highest BCUT2D eigenvalue weighted by molar-refractivity contribution is 7.15. The second kappa shape index (κ2) is 2.73. The topological polar surface area (TPSA) is 29.9 Å². The fourth-order valence-corrected chi connectivity index (χ4v) is 3.07. The van der Waals surface area contributed by atoms with Gasteiger partial charge >= 0.3 is 5.13 Å². The fraction of sp³-hybridized carbons (Fsp3) is 0.667. The summed E-state index contributed by atoms with van der Waals surface area (Å²) in [7, 11) is 2.07. The van der Waals surface area contributed by atoms with E-state index in [2.05, 4.69) is 18.5 Å². The number of nitrogen functional groups attached to an aromatic ring is 1. The molecule has 0 aromatic carbocycles. The number of anilines is 1. The van der Waals surface area contributed by atoms with Gasteiger partial charge in [-0.25, -0.2) is 4.57 Å². The van der Waals surface area contributed by atoms with Gasteiger partial charge in [0.15, 0.2) is 0 Å². The zero-order chi connectivity index (χ0) is 8.72. The molecule has 0 bridgehead atoms. The average molecular weight is 183 g/mol. The van der Waals surface area contributed by atoms with Crippen molar-refractivity contribution in [1.29, 1.82) is 0 Å². The number of hydrogen-bond acceptors (Lipinski definition) is 2. The lowest BCUT2D eigenvalue weighted by atomic mass is 9.93. The molecule has 2 rings (SSSR count). The van der Waals surface area contributed by atoms with Crippen LogP contribution in [-0.2, 0) is 19.9 Å². The highest BCUT2D eigenvalue weighted by atomic mass is 32.1. The minimum absolute atomic E-state index is 0.843. The van der Waals surface area contributed by atoms with Crippen molar-refractivity contribution < 1.29 is 4.57 Å². The Labute approximate surface area is 77.0 Å². The molecule has 2 N–H and O–H groups in total. The van der Waals surface area contributed by atoms with E-state index in [0.29, 0.717) is 0 Å². The van der Waals surface area contributed by atoms with Gasteiger partial charge in [-0.3, -0.25) is 5.73 Å². The van der Waals surface area contributed by atoms with Gasteiger partial charge in [-0.2, -0.15) is 0 Å². The normalized spacial score (nSPS) is 22.3. The van der Waals surface area contributed by atoms with Crippen molar-refractivity contribution in [1.82, 2.24) is 0 Å². The molecule has 0 saturated heterocycles. The Hall–Kier alpha value is -0.570. The van der Waals surface area contributed by atoms with Gasteiger partial charge in [0.1, 0.15) is 5.69 Å². The summed E-state index contributed by atoms with van der Waals surface area (Å²) < 4.78 is 2.14. The first-order valence-corrected chi connectivity index (χ1v) is 5.26.